The van der Waals surface area contributed by atoms with Crippen LogP contribution in [0.15, 0.2) is 42.5 Å². The number of rotatable bonds is 5. The molecule has 2 amide bonds. The third-order valence-corrected chi connectivity index (χ3v) is 4.36. The van der Waals surface area contributed by atoms with Crippen molar-refractivity contribution in [1.29, 1.82) is 0 Å². The van der Waals surface area contributed by atoms with Crippen LogP contribution in [0.4, 0.5) is 5.69 Å². The highest BCUT2D eigenvalue weighted by molar-refractivity contribution is 6.03. The van der Waals surface area contributed by atoms with Gasteiger partial charge in [-0.1, -0.05) is 18.2 Å². The second kappa shape index (κ2) is 6.84. The lowest BCUT2D eigenvalue weighted by atomic mass is 10.1. The highest BCUT2D eigenvalue weighted by Gasteiger charge is 2.33. The number of hydrogen-bond acceptors (Lipinski definition) is 4. The molecule has 1 heterocycles. The molecule has 1 atom stereocenters. The molecule has 0 aliphatic carbocycles. The summed E-state index contributed by atoms with van der Waals surface area (Å²) in [5.74, 6) is 0.717. The van der Waals surface area contributed by atoms with Crippen molar-refractivity contribution in [2.75, 3.05) is 19.5 Å². The average Bonchev–Trinajstić information content (AvgIpc) is 2.98. The Morgan fingerprint density at radius 1 is 1.16 bits per heavy atom. The molecule has 6 heteroatoms. The minimum Gasteiger partial charge on any atom is -0.497 e. The van der Waals surface area contributed by atoms with Crippen LogP contribution in [0.25, 0.3) is 0 Å². The minimum atomic E-state index is -0.615. The van der Waals surface area contributed by atoms with E-state index in [0.29, 0.717) is 29.3 Å². The van der Waals surface area contributed by atoms with Crippen LogP contribution in [0.2, 0.25) is 0 Å². The number of anilines is 1. The zero-order chi connectivity index (χ0) is 18.0. The summed E-state index contributed by atoms with van der Waals surface area (Å²) in [5, 5.41) is 2.82. The smallest absolute Gasteiger partial charge is 0.255 e. The van der Waals surface area contributed by atoms with Gasteiger partial charge in [-0.25, -0.2) is 0 Å². The lowest BCUT2D eigenvalue weighted by Gasteiger charge is -2.24. The van der Waals surface area contributed by atoms with E-state index in [-0.39, 0.29) is 11.8 Å². The first-order valence-corrected chi connectivity index (χ1v) is 7.97. The van der Waals surface area contributed by atoms with Gasteiger partial charge < -0.3 is 19.7 Å². The fourth-order valence-corrected chi connectivity index (χ4v) is 2.88. The van der Waals surface area contributed by atoms with Crippen molar-refractivity contribution in [3.63, 3.8) is 0 Å². The Kier molecular flexibility index (Phi) is 4.61. The van der Waals surface area contributed by atoms with Crippen LogP contribution in [-0.2, 0) is 11.3 Å². The van der Waals surface area contributed by atoms with Crippen molar-refractivity contribution >= 4 is 17.5 Å². The molecule has 1 unspecified atom stereocenters. The van der Waals surface area contributed by atoms with E-state index in [2.05, 4.69) is 5.32 Å². The van der Waals surface area contributed by atoms with Gasteiger partial charge in [0, 0.05) is 18.2 Å². The van der Waals surface area contributed by atoms with Gasteiger partial charge >= 0.3 is 0 Å². The van der Waals surface area contributed by atoms with E-state index in [0.717, 1.165) is 5.56 Å². The summed E-state index contributed by atoms with van der Waals surface area (Å²) < 4.78 is 10.5. The standard InChI is InChI=1S/C19H20N2O4/c1-12(21-11-13-6-4-5-7-15(13)19(21)23)18(22)20-16-10-14(24-2)8-9-17(16)25-3/h4-10,12H,11H2,1-3H3,(H,20,22). The van der Waals surface area contributed by atoms with Gasteiger partial charge in [-0.05, 0) is 30.7 Å². The zero-order valence-electron chi connectivity index (χ0n) is 14.4. The number of ether oxygens (including phenoxy) is 2. The fraction of sp³-hybridized carbons (Fsp3) is 0.263. The molecular formula is C19H20N2O4. The first-order valence-electron chi connectivity index (χ1n) is 7.97. The van der Waals surface area contributed by atoms with Gasteiger partial charge in [0.1, 0.15) is 17.5 Å². The number of carbonyl (C=O) groups excluding carboxylic acids is 2. The van der Waals surface area contributed by atoms with E-state index in [1.54, 1.807) is 43.2 Å². The number of amides is 2. The van der Waals surface area contributed by atoms with Crippen molar-refractivity contribution in [2.24, 2.45) is 0 Å². The molecule has 1 aliphatic heterocycles. The molecule has 0 saturated carbocycles. The number of hydrogen-bond donors (Lipinski definition) is 1. The fourth-order valence-electron chi connectivity index (χ4n) is 2.88. The van der Waals surface area contributed by atoms with Crippen LogP contribution >= 0.6 is 0 Å². The molecular weight excluding hydrogens is 320 g/mol. The van der Waals surface area contributed by atoms with Crippen LogP contribution in [0.3, 0.4) is 0 Å². The van der Waals surface area contributed by atoms with Gasteiger partial charge in [-0.2, -0.15) is 0 Å². The second-order valence-electron chi connectivity index (χ2n) is 5.82. The molecule has 0 fully saturated rings. The zero-order valence-corrected chi connectivity index (χ0v) is 14.4. The molecule has 2 aromatic carbocycles. The maximum absolute atomic E-state index is 12.7. The Hall–Kier alpha value is -3.02. The van der Waals surface area contributed by atoms with Gasteiger partial charge in [0.05, 0.1) is 19.9 Å². The highest BCUT2D eigenvalue weighted by Crippen LogP contribution is 2.30. The van der Waals surface area contributed by atoms with E-state index in [9.17, 15) is 9.59 Å². The van der Waals surface area contributed by atoms with Gasteiger partial charge in [-0.3, -0.25) is 9.59 Å². The summed E-state index contributed by atoms with van der Waals surface area (Å²) >= 11 is 0. The largest absolute Gasteiger partial charge is 0.497 e. The first-order chi connectivity index (χ1) is 12.0. The molecule has 6 nitrogen and oxygen atoms in total. The average molecular weight is 340 g/mol. The number of benzene rings is 2. The summed E-state index contributed by atoms with van der Waals surface area (Å²) in [6.07, 6.45) is 0. The normalized spacial score (nSPS) is 14.0. The number of fused-ring (bicyclic) bond motifs is 1. The third-order valence-electron chi connectivity index (χ3n) is 4.36. The molecule has 1 N–H and O–H groups in total. The Balaban J connectivity index is 1.77. The van der Waals surface area contributed by atoms with E-state index in [1.807, 2.05) is 18.2 Å². The van der Waals surface area contributed by atoms with E-state index in [1.165, 1.54) is 7.11 Å². The highest BCUT2D eigenvalue weighted by atomic mass is 16.5. The quantitative estimate of drug-likeness (QED) is 0.909. The molecule has 25 heavy (non-hydrogen) atoms. The van der Waals surface area contributed by atoms with Crippen molar-refractivity contribution in [1.82, 2.24) is 4.90 Å². The first kappa shape index (κ1) is 16.8. The molecule has 3 rings (SSSR count). The van der Waals surface area contributed by atoms with Crippen LogP contribution in [0.1, 0.15) is 22.8 Å². The summed E-state index contributed by atoms with van der Waals surface area (Å²) in [4.78, 5) is 26.7. The van der Waals surface area contributed by atoms with Crippen LogP contribution < -0.4 is 14.8 Å². The molecule has 0 aromatic heterocycles. The lowest BCUT2D eigenvalue weighted by molar-refractivity contribution is -0.120. The Morgan fingerprint density at radius 3 is 2.60 bits per heavy atom. The molecule has 1 aliphatic rings. The third kappa shape index (κ3) is 3.15. The molecule has 130 valence electrons. The number of nitrogens with one attached hydrogen (secondary N) is 1. The van der Waals surface area contributed by atoms with Gasteiger partial charge in [0.25, 0.3) is 5.91 Å². The number of carbonyl (C=O) groups is 2. The van der Waals surface area contributed by atoms with E-state index >= 15 is 0 Å². The summed E-state index contributed by atoms with van der Waals surface area (Å²) in [7, 11) is 3.08. The maximum Gasteiger partial charge on any atom is 0.255 e. The van der Waals surface area contributed by atoms with E-state index in [4.69, 9.17) is 9.47 Å². The molecule has 0 spiro atoms. The number of nitrogens with zero attached hydrogens (tertiary/aromatic N) is 1. The molecule has 0 radical (unpaired) electrons. The van der Waals surface area contributed by atoms with Gasteiger partial charge in [0.2, 0.25) is 5.91 Å². The predicted octanol–water partition coefficient (Wildman–Crippen LogP) is 2.69. The summed E-state index contributed by atoms with van der Waals surface area (Å²) in [6.45, 7) is 2.14. The van der Waals surface area contributed by atoms with Crippen LogP contribution in [0, 0.1) is 0 Å². The lowest BCUT2D eigenvalue weighted by Crippen LogP contribution is -2.42. The Bertz CT molecular complexity index is 819. The maximum atomic E-state index is 12.7. The SMILES string of the molecule is COc1ccc(OC)c(NC(=O)C(C)N2Cc3ccccc3C2=O)c1. The van der Waals surface area contributed by atoms with Crippen molar-refractivity contribution in [3.05, 3.63) is 53.6 Å². The molecule has 0 bridgehead atoms. The molecule has 2 aromatic rings. The Labute approximate surface area is 146 Å². The van der Waals surface area contributed by atoms with Crippen molar-refractivity contribution < 1.29 is 19.1 Å². The van der Waals surface area contributed by atoms with Crippen molar-refractivity contribution in [3.8, 4) is 11.5 Å². The van der Waals surface area contributed by atoms with Gasteiger partial charge in [0.15, 0.2) is 0 Å². The molecule has 0 saturated heterocycles. The monoisotopic (exact) mass is 340 g/mol. The minimum absolute atomic E-state index is 0.129. The Morgan fingerprint density at radius 2 is 1.92 bits per heavy atom. The van der Waals surface area contributed by atoms with Gasteiger partial charge in [-0.15, -0.1) is 0 Å². The summed E-state index contributed by atoms with van der Waals surface area (Å²) in [6, 6.07) is 11.9. The van der Waals surface area contributed by atoms with E-state index < -0.39 is 6.04 Å². The van der Waals surface area contributed by atoms with Crippen LogP contribution in [0.5, 0.6) is 11.5 Å². The summed E-state index contributed by atoms with van der Waals surface area (Å²) in [5.41, 5.74) is 2.09. The van der Waals surface area contributed by atoms with Crippen molar-refractivity contribution in [2.45, 2.75) is 19.5 Å². The number of methoxy groups -OCH3 is 2. The predicted molar refractivity (Wildman–Crippen MR) is 94.0 cm³/mol. The van der Waals surface area contributed by atoms with Crippen LogP contribution in [-0.4, -0.2) is 37.0 Å². The second-order valence-corrected chi connectivity index (χ2v) is 5.82. The topological polar surface area (TPSA) is 67.9 Å².